The number of nitrogens with zero attached hydrogens (tertiary/aromatic N) is 5. The van der Waals surface area contributed by atoms with Gasteiger partial charge in [0.2, 0.25) is 0 Å². The molecule has 1 aliphatic carbocycles. The van der Waals surface area contributed by atoms with Gasteiger partial charge in [-0.3, -0.25) is 4.98 Å². The van der Waals surface area contributed by atoms with E-state index in [1.54, 1.807) is 29.9 Å². The molecule has 1 aliphatic rings. The summed E-state index contributed by atoms with van der Waals surface area (Å²) in [5.74, 6) is 1.17. The van der Waals surface area contributed by atoms with E-state index in [1.165, 1.54) is 25.0 Å². The first-order chi connectivity index (χ1) is 13.4. The lowest BCUT2D eigenvalue weighted by atomic mass is 9.82. The van der Waals surface area contributed by atoms with Crippen LogP contribution in [0, 0.1) is 0 Å². The number of hydrogen-bond donors (Lipinski definition) is 0. The fraction of sp³-hybridized carbons (Fsp3) is 0.190. The van der Waals surface area contributed by atoms with Crippen LogP contribution in [0.4, 0.5) is 0 Å². The molecular formula is C21H17N5S. The zero-order chi connectivity index (χ0) is 18.1. The van der Waals surface area contributed by atoms with Crippen LogP contribution in [0.5, 0.6) is 0 Å². The maximum absolute atomic E-state index is 4.99. The van der Waals surface area contributed by atoms with Gasteiger partial charge in [-0.05, 0) is 43.2 Å². The first-order valence-electron chi connectivity index (χ1n) is 9.04. The summed E-state index contributed by atoms with van der Waals surface area (Å²) in [5, 5.41) is 1.00. The zero-order valence-electron chi connectivity index (χ0n) is 14.6. The molecule has 4 heterocycles. The molecule has 0 N–H and O–H groups in total. The molecule has 0 spiro atoms. The van der Waals surface area contributed by atoms with Crippen molar-refractivity contribution in [2.45, 2.75) is 25.2 Å². The Bertz CT molecular complexity index is 1060. The first kappa shape index (κ1) is 16.2. The van der Waals surface area contributed by atoms with Gasteiger partial charge in [0.1, 0.15) is 10.7 Å². The quantitative estimate of drug-likeness (QED) is 0.505. The molecule has 5 nitrogen and oxygen atoms in total. The van der Waals surface area contributed by atoms with Gasteiger partial charge in [-0.15, -0.1) is 11.3 Å². The summed E-state index contributed by atoms with van der Waals surface area (Å²) in [6, 6.07) is 11.8. The third-order valence-electron chi connectivity index (χ3n) is 4.83. The van der Waals surface area contributed by atoms with Gasteiger partial charge in [-0.1, -0.05) is 12.5 Å². The van der Waals surface area contributed by atoms with E-state index in [4.69, 9.17) is 9.97 Å². The Labute approximate surface area is 161 Å². The number of hydrogen-bond acceptors (Lipinski definition) is 6. The van der Waals surface area contributed by atoms with Gasteiger partial charge < -0.3 is 0 Å². The van der Waals surface area contributed by atoms with Gasteiger partial charge in [0.25, 0.3) is 0 Å². The van der Waals surface area contributed by atoms with Crippen molar-refractivity contribution >= 4 is 11.3 Å². The molecule has 1 saturated carbocycles. The molecule has 0 bridgehead atoms. The van der Waals surface area contributed by atoms with Gasteiger partial charge in [-0.25, -0.2) is 19.9 Å². The predicted octanol–water partition coefficient (Wildman–Crippen LogP) is 4.99. The second-order valence-corrected chi connectivity index (χ2v) is 7.58. The summed E-state index contributed by atoms with van der Waals surface area (Å²) in [6.45, 7) is 0. The Morgan fingerprint density at radius 2 is 1.70 bits per heavy atom. The lowest BCUT2D eigenvalue weighted by Crippen LogP contribution is -2.10. The highest BCUT2D eigenvalue weighted by Gasteiger charge is 2.27. The minimum atomic E-state index is 0.528. The Morgan fingerprint density at radius 3 is 2.44 bits per heavy atom. The monoisotopic (exact) mass is 371 g/mol. The number of thiazole rings is 1. The third kappa shape index (κ3) is 3.13. The Morgan fingerprint density at radius 1 is 0.852 bits per heavy atom. The molecule has 0 aromatic carbocycles. The van der Waals surface area contributed by atoms with Crippen molar-refractivity contribution in [1.29, 1.82) is 0 Å². The molecule has 0 atom stereocenters. The summed E-state index contributed by atoms with van der Waals surface area (Å²) < 4.78 is 0. The van der Waals surface area contributed by atoms with Crippen LogP contribution >= 0.6 is 11.3 Å². The molecule has 4 aromatic rings. The Balaban J connectivity index is 1.61. The molecule has 5 rings (SSSR count). The standard InChI is InChI=1S/C21H17N5S/c1-5-14(6-1)18-19(27-21(26-18)15-7-3-10-22-13-15)16-8-2-9-17(25-16)20-23-11-4-12-24-20/h2-4,7-14H,1,5-6H2. The predicted molar refractivity (Wildman–Crippen MR) is 106 cm³/mol. The fourth-order valence-electron chi connectivity index (χ4n) is 3.20. The lowest BCUT2D eigenvalue weighted by molar-refractivity contribution is 0.413. The highest BCUT2D eigenvalue weighted by Crippen LogP contribution is 2.44. The fourth-order valence-corrected chi connectivity index (χ4v) is 4.31. The molecular weight excluding hydrogens is 354 g/mol. The maximum atomic E-state index is 4.99. The van der Waals surface area contributed by atoms with E-state index in [0.717, 1.165) is 26.8 Å². The van der Waals surface area contributed by atoms with E-state index in [0.29, 0.717) is 11.7 Å². The smallest absolute Gasteiger partial charge is 0.178 e. The van der Waals surface area contributed by atoms with Gasteiger partial charge in [0.15, 0.2) is 5.82 Å². The number of rotatable bonds is 4. The van der Waals surface area contributed by atoms with Crippen molar-refractivity contribution in [1.82, 2.24) is 24.9 Å². The van der Waals surface area contributed by atoms with Crippen LogP contribution in [-0.4, -0.2) is 24.9 Å². The third-order valence-corrected chi connectivity index (χ3v) is 5.97. The zero-order valence-corrected chi connectivity index (χ0v) is 15.4. The Kier molecular flexibility index (Phi) is 4.18. The van der Waals surface area contributed by atoms with E-state index < -0.39 is 0 Å². The van der Waals surface area contributed by atoms with Crippen LogP contribution in [0.1, 0.15) is 30.9 Å². The SMILES string of the molecule is c1cnc(-c2cccc(-c3sc(-c4cccnc4)nc3C3CCC3)n2)nc1. The Hall–Kier alpha value is -2.99. The molecule has 4 aromatic heterocycles. The average molecular weight is 371 g/mol. The largest absolute Gasteiger partial charge is 0.264 e. The minimum absolute atomic E-state index is 0.528. The van der Waals surface area contributed by atoms with Crippen molar-refractivity contribution in [2.75, 3.05) is 0 Å². The van der Waals surface area contributed by atoms with Gasteiger partial charge in [0.05, 0.1) is 16.3 Å². The molecule has 0 radical (unpaired) electrons. The van der Waals surface area contributed by atoms with Crippen molar-refractivity contribution < 1.29 is 0 Å². The van der Waals surface area contributed by atoms with Gasteiger partial charge >= 0.3 is 0 Å². The van der Waals surface area contributed by atoms with Crippen LogP contribution in [0.25, 0.3) is 32.7 Å². The molecule has 6 heteroatoms. The van der Waals surface area contributed by atoms with E-state index in [9.17, 15) is 0 Å². The highest BCUT2D eigenvalue weighted by molar-refractivity contribution is 7.18. The summed E-state index contributed by atoms with van der Waals surface area (Å²) in [7, 11) is 0. The maximum Gasteiger partial charge on any atom is 0.178 e. The normalized spacial score (nSPS) is 14.1. The minimum Gasteiger partial charge on any atom is -0.264 e. The summed E-state index contributed by atoms with van der Waals surface area (Å²) in [6.07, 6.45) is 10.8. The van der Waals surface area contributed by atoms with E-state index in [1.807, 2.05) is 30.5 Å². The molecule has 27 heavy (non-hydrogen) atoms. The molecule has 0 saturated heterocycles. The number of pyridine rings is 2. The van der Waals surface area contributed by atoms with Gasteiger partial charge in [-0.2, -0.15) is 0 Å². The summed E-state index contributed by atoms with van der Waals surface area (Å²) >= 11 is 1.69. The second kappa shape index (κ2) is 6.96. The average Bonchev–Trinajstić information content (AvgIpc) is 3.13. The van der Waals surface area contributed by atoms with Crippen LogP contribution in [-0.2, 0) is 0 Å². The van der Waals surface area contributed by atoms with Gasteiger partial charge in [0, 0.05) is 36.3 Å². The number of aromatic nitrogens is 5. The molecule has 0 aliphatic heterocycles. The van der Waals surface area contributed by atoms with Crippen molar-refractivity contribution in [2.24, 2.45) is 0 Å². The van der Waals surface area contributed by atoms with Crippen LogP contribution in [0.2, 0.25) is 0 Å². The molecule has 132 valence electrons. The molecule has 1 fully saturated rings. The summed E-state index contributed by atoms with van der Waals surface area (Å²) in [4.78, 5) is 23.9. The van der Waals surface area contributed by atoms with Crippen molar-refractivity contribution in [3.8, 4) is 32.7 Å². The van der Waals surface area contributed by atoms with Crippen LogP contribution < -0.4 is 0 Å². The summed E-state index contributed by atoms with van der Waals surface area (Å²) in [5.41, 5.74) is 3.94. The van der Waals surface area contributed by atoms with Crippen molar-refractivity contribution in [3.05, 3.63) is 66.9 Å². The van der Waals surface area contributed by atoms with Crippen LogP contribution in [0.15, 0.2) is 61.2 Å². The second-order valence-electron chi connectivity index (χ2n) is 6.58. The van der Waals surface area contributed by atoms with E-state index >= 15 is 0 Å². The first-order valence-corrected chi connectivity index (χ1v) is 9.86. The van der Waals surface area contributed by atoms with E-state index in [-0.39, 0.29) is 0 Å². The van der Waals surface area contributed by atoms with Crippen LogP contribution in [0.3, 0.4) is 0 Å². The molecule has 0 unspecified atom stereocenters. The van der Waals surface area contributed by atoms with E-state index in [2.05, 4.69) is 27.1 Å². The lowest BCUT2D eigenvalue weighted by Gasteiger charge is -2.24. The molecule has 0 amide bonds. The van der Waals surface area contributed by atoms with Crippen molar-refractivity contribution in [3.63, 3.8) is 0 Å². The highest BCUT2D eigenvalue weighted by atomic mass is 32.1. The topological polar surface area (TPSA) is 64.5 Å².